The molecule has 10 nitrogen and oxygen atoms in total. The molecule has 0 aromatic carbocycles. The standard InChI is InChI=1S/C22H38O10/c1-3-29-21(23)17-15-19-20(16-18(17)22(24)30-4-2)32-14-12-28-10-8-26-6-5-25-7-9-27-11-13-31-19/h17-20H,3-16H2,1-2H3/t17-,18-,19+,20+/m0/s1. The second-order valence-corrected chi connectivity index (χ2v) is 7.46. The van der Waals surface area contributed by atoms with Gasteiger partial charge in [0.25, 0.3) is 0 Å². The second-order valence-electron chi connectivity index (χ2n) is 7.46. The predicted octanol–water partition coefficient (Wildman–Crippen LogP) is 0.989. The first-order valence-corrected chi connectivity index (χ1v) is 11.5. The first-order valence-electron chi connectivity index (χ1n) is 11.5. The van der Waals surface area contributed by atoms with Gasteiger partial charge in [-0.2, -0.15) is 0 Å². The highest BCUT2D eigenvalue weighted by Gasteiger charge is 2.46. The maximum Gasteiger partial charge on any atom is 0.309 e. The average Bonchev–Trinajstić information content (AvgIpc) is 2.78. The van der Waals surface area contributed by atoms with Crippen molar-refractivity contribution in [3.05, 3.63) is 0 Å². The SMILES string of the molecule is CCOC(=O)[C@H]1C[C@H]2OCCOCCOCCOCCOCCO[C@@H]2C[C@@H]1C(=O)OCC. The van der Waals surface area contributed by atoms with Crippen LogP contribution in [0.4, 0.5) is 0 Å². The first kappa shape index (κ1) is 26.9. The van der Waals surface area contributed by atoms with E-state index in [0.717, 1.165) is 0 Å². The van der Waals surface area contributed by atoms with Crippen LogP contribution in [0.5, 0.6) is 0 Å². The molecule has 10 heteroatoms. The summed E-state index contributed by atoms with van der Waals surface area (Å²) >= 11 is 0. The van der Waals surface area contributed by atoms with Crippen LogP contribution in [0.25, 0.3) is 0 Å². The molecule has 32 heavy (non-hydrogen) atoms. The summed E-state index contributed by atoms with van der Waals surface area (Å²) < 4.78 is 44.5. The third-order valence-electron chi connectivity index (χ3n) is 5.29. The zero-order valence-corrected chi connectivity index (χ0v) is 19.3. The monoisotopic (exact) mass is 462 g/mol. The molecule has 4 atom stereocenters. The Morgan fingerprint density at radius 3 is 1.22 bits per heavy atom. The van der Waals surface area contributed by atoms with Crippen LogP contribution < -0.4 is 0 Å². The molecular formula is C22H38O10. The van der Waals surface area contributed by atoms with E-state index in [1.165, 1.54) is 0 Å². The molecule has 1 saturated carbocycles. The molecule has 0 aromatic heterocycles. The molecule has 0 N–H and O–H groups in total. The summed E-state index contributed by atoms with van der Waals surface area (Å²) in [5.74, 6) is -2.11. The van der Waals surface area contributed by atoms with Crippen molar-refractivity contribution >= 4 is 11.9 Å². The van der Waals surface area contributed by atoms with Crippen molar-refractivity contribution < 1.29 is 47.5 Å². The smallest absolute Gasteiger partial charge is 0.309 e. The fourth-order valence-electron chi connectivity index (χ4n) is 3.78. The number of carbonyl (C=O) groups is 2. The maximum absolute atomic E-state index is 12.6. The third kappa shape index (κ3) is 9.68. The number of hydrogen-bond donors (Lipinski definition) is 0. The summed E-state index contributed by atoms with van der Waals surface area (Å²) in [6.45, 7) is 8.27. The Hall–Kier alpha value is -1.30. The van der Waals surface area contributed by atoms with E-state index in [4.69, 9.17) is 37.9 Å². The summed E-state index contributed by atoms with van der Waals surface area (Å²) in [6.07, 6.45) is -0.135. The van der Waals surface area contributed by atoms with Crippen molar-refractivity contribution in [2.45, 2.75) is 38.9 Å². The molecule has 0 radical (unpaired) electrons. The number of carbonyl (C=O) groups excluding carboxylic acids is 2. The highest BCUT2D eigenvalue weighted by Crippen LogP contribution is 2.35. The van der Waals surface area contributed by atoms with Gasteiger partial charge in [-0.25, -0.2) is 0 Å². The Labute approximate surface area is 190 Å². The molecule has 0 bridgehead atoms. The van der Waals surface area contributed by atoms with Crippen molar-refractivity contribution in [3.63, 3.8) is 0 Å². The molecule has 0 amide bonds. The number of esters is 2. The van der Waals surface area contributed by atoms with Gasteiger partial charge in [-0.1, -0.05) is 0 Å². The molecule has 1 aliphatic heterocycles. The summed E-state index contributed by atoms with van der Waals surface area (Å²) in [5.41, 5.74) is 0. The summed E-state index contributed by atoms with van der Waals surface area (Å²) in [4.78, 5) is 25.2. The number of hydrogen-bond acceptors (Lipinski definition) is 10. The van der Waals surface area contributed by atoms with Crippen LogP contribution in [0.3, 0.4) is 0 Å². The van der Waals surface area contributed by atoms with Gasteiger partial charge in [-0.15, -0.1) is 0 Å². The maximum atomic E-state index is 12.6. The van der Waals surface area contributed by atoms with Crippen LogP contribution >= 0.6 is 0 Å². The molecule has 2 fully saturated rings. The minimum Gasteiger partial charge on any atom is -0.466 e. The largest absolute Gasteiger partial charge is 0.466 e. The fraction of sp³-hybridized carbons (Fsp3) is 0.909. The number of rotatable bonds is 4. The minimum atomic E-state index is -0.639. The van der Waals surface area contributed by atoms with Crippen molar-refractivity contribution in [2.75, 3.05) is 79.3 Å². The number of fused-ring (bicyclic) bond motifs is 1. The van der Waals surface area contributed by atoms with Crippen molar-refractivity contribution in [3.8, 4) is 0 Å². The molecule has 0 unspecified atom stereocenters. The average molecular weight is 463 g/mol. The van der Waals surface area contributed by atoms with Gasteiger partial charge < -0.3 is 37.9 Å². The Morgan fingerprint density at radius 2 is 0.906 bits per heavy atom. The van der Waals surface area contributed by atoms with Gasteiger partial charge in [0.15, 0.2) is 0 Å². The summed E-state index contributed by atoms with van der Waals surface area (Å²) in [7, 11) is 0. The minimum absolute atomic E-state index is 0.243. The van der Waals surface area contributed by atoms with Gasteiger partial charge in [0.1, 0.15) is 0 Å². The Kier molecular flexibility index (Phi) is 13.8. The van der Waals surface area contributed by atoms with E-state index >= 15 is 0 Å². The Bertz CT molecular complexity index is 483. The van der Waals surface area contributed by atoms with Crippen LogP contribution in [0.15, 0.2) is 0 Å². The Morgan fingerprint density at radius 1 is 0.594 bits per heavy atom. The highest BCUT2D eigenvalue weighted by molar-refractivity contribution is 5.82. The van der Waals surface area contributed by atoms with Crippen molar-refractivity contribution in [2.24, 2.45) is 11.8 Å². The predicted molar refractivity (Wildman–Crippen MR) is 112 cm³/mol. The first-order chi connectivity index (χ1) is 15.7. The molecule has 0 aromatic rings. The van der Waals surface area contributed by atoms with Crippen LogP contribution in [0.1, 0.15) is 26.7 Å². The molecule has 2 aliphatic rings. The van der Waals surface area contributed by atoms with Crippen LogP contribution in [-0.2, 0) is 47.5 Å². The molecule has 2 rings (SSSR count). The molecule has 186 valence electrons. The number of ether oxygens (including phenoxy) is 8. The van der Waals surface area contributed by atoms with Gasteiger partial charge in [0.05, 0.1) is 103 Å². The fourth-order valence-corrected chi connectivity index (χ4v) is 3.78. The van der Waals surface area contributed by atoms with Crippen LogP contribution in [-0.4, -0.2) is 103 Å². The normalized spacial score (nSPS) is 29.7. The highest BCUT2D eigenvalue weighted by atomic mass is 16.6. The van der Waals surface area contributed by atoms with Gasteiger partial charge in [0, 0.05) is 0 Å². The van der Waals surface area contributed by atoms with Gasteiger partial charge in [0.2, 0.25) is 0 Å². The molecular weight excluding hydrogens is 424 g/mol. The molecule has 1 aliphatic carbocycles. The van der Waals surface area contributed by atoms with E-state index < -0.39 is 23.8 Å². The zero-order valence-electron chi connectivity index (χ0n) is 19.3. The Balaban J connectivity index is 2.02. The van der Waals surface area contributed by atoms with E-state index in [-0.39, 0.29) is 25.4 Å². The zero-order chi connectivity index (χ0) is 23.0. The second kappa shape index (κ2) is 16.3. The van der Waals surface area contributed by atoms with E-state index in [1.807, 2.05) is 0 Å². The molecule has 1 heterocycles. The quantitative estimate of drug-likeness (QED) is 0.561. The topological polar surface area (TPSA) is 108 Å². The lowest BCUT2D eigenvalue weighted by Gasteiger charge is -2.38. The molecule has 1 saturated heterocycles. The van der Waals surface area contributed by atoms with E-state index in [1.54, 1.807) is 13.8 Å². The third-order valence-corrected chi connectivity index (χ3v) is 5.29. The van der Waals surface area contributed by atoms with Crippen molar-refractivity contribution in [1.82, 2.24) is 0 Å². The van der Waals surface area contributed by atoms with Crippen LogP contribution in [0.2, 0.25) is 0 Å². The van der Waals surface area contributed by atoms with Gasteiger partial charge in [-0.05, 0) is 26.7 Å². The van der Waals surface area contributed by atoms with E-state index in [9.17, 15) is 9.59 Å². The van der Waals surface area contributed by atoms with Gasteiger partial charge >= 0.3 is 11.9 Å². The molecule has 0 spiro atoms. The lowest BCUT2D eigenvalue weighted by molar-refractivity contribution is -0.177. The lowest BCUT2D eigenvalue weighted by Crippen LogP contribution is -2.48. The van der Waals surface area contributed by atoms with Crippen LogP contribution in [0, 0.1) is 11.8 Å². The lowest BCUT2D eigenvalue weighted by atomic mass is 9.76. The van der Waals surface area contributed by atoms with Crippen molar-refractivity contribution in [1.29, 1.82) is 0 Å². The van der Waals surface area contributed by atoms with E-state index in [2.05, 4.69) is 0 Å². The summed E-state index contributed by atoms with van der Waals surface area (Å²) in [6, 6.07) is 0. The summed E-state index contributed by atoms with van der Waals surface area (Å²) in [5, 5.41) is 0. The van der Waals surface area contributed by atoms with E-state index in [0.29, 0.717) is 78.9 Å². The van der Waals surface area contributed by atoms with Gasteiger partial charge in [-0.3, -0.25) is 9.59 Å².